The van der Waals surface area contributed by atoms with Crippen LogP contribution in [0.15, 0.2) is 6.07 Å². The SMILES string of the molecule is CCC1(CC)CC(CC)(CC)c2c1cc1c([c]2[Ge])C(CC)(CC)CC1(CC)CC. The summed E-state index contributed by atoms with van der Waals surface area (Å²) in [6.45, 7) is 19.6. The Hall–Kier alpha value is -0.237. The van der Waals surface area contributed by atoms with E-state index in [1.54, 1.807) is 26.6 Å². The van der Waals surface area contributed by atoms with Crippen molar-refractivity contribution in [2.75, 3.05) is 0 Å². The van der Waals surface area contributed by atoms with Crippen molar-refractivity contribution in [3.8, 4) is 0 Å². The van der Waals surface area contributed by atoms with E-state index in [2.05, 4.69) is 78.0 Å². The van der Waals surface area contributed by atoms with Gasteiger partial charge in [-0.2, -0.15) is 0 Å². The quantitative estimate of drug-likeness (QED) is 0.357. The molecule has 1 aromatic rings. The van der Waals surface area contributed by atoms with Crippen LogP contribution in [0.3, 0.4) is 0 Å². The first-order chi connectivity index (χ1) is 13.8. The molecule has 0 N–H and O–H groups in total. The molecule has 0 fully saturated rings. The molecule has 0 unspecified atom stereocenters. The Balaban J connectivity index is 2.46. The van der Waals surface area contributed by atoms with Gasteiger partial charge in [0.2, 0.25) is 0 Å². The van der Waals surface area contributed by atoms with Gasteiger partial charge in [0.15, 0.2) is 0 Å². The normalized spacial score (nSPS) is 22.5. The van der Waals surface area contributed by atoms with Gasteiger partial charge in [0.25, 0.3) is 0 Å². The Bertz CT molecular complexity index is 680. The van der Waals surface area contributed by atoms with E-state index in [1.165, 1.54) is 64.2 Å². The van der Waals surface area contributed by atoms with E-state index in [9.17, 15) is 0 Å². The van der Waals surface area contributed by atoms with E-state index in [4.69, 9.17) is 0 Å². The molecule has 0 amide bonds. The fourth-order valence-electron chi connectivity index (χ4n) is 7.75. The maximum atomic E-state index is 2.79. The van der Waals surface area contributed by atoms with Crippen LogP contribution in [0.4, 0.5) is 0 Å². The van der Waals surface area contributed by atoms with E-state index in [-0.39, 0.29) is 0 Å². The van der Waals surface area contributed by atoms with Crippen molar-refractivity contribution < 1.29 is 0 Å². The summed E-state index contributed by atoms with van der Waals surface area (Å²) in [4.78, 5) is 0. The Morgan fingerprint density at radius 3 is 1.07 bits per heavy atom. The molecule has 0 aromatic heterocycles. The minimum absolute atomic E-state index is 0.386. The van der Waals surface area contributed by atoms with Gasteiger partial charge in [-0.3, -0.25) is 0 Å². The van der Waals surface area contributed by atoms with Crippen LogP contribution in [0.5, 0.6) is 0 Å². The maximum absolute atomic E-state index is 2.79. The molecule has 2 aliphatic carbocycles. The summed E-state index contributed by atoms with van der Waals surface area (Å²) in [6, 6.07) is 2.79. The Kier molecular flexibility index (Phi) is 6.49. The topological polar surface area (TPSA) is 0 Å². The molecule has 161 valence electrons. The summed E-state index contributed by atoms with van der Waals surface area (Å²) in [6.07, 6.45) is 13.0. The molecular weight excluding hydrogens is 409 g/mol. The zero-order valence-electron chi connectivity index (χ0n) is 20.6. The van der Waals surface area contributed by atoms with E-state index < -0.39 is 0 Å². The van der Waals surface area contributed by atoms with Crippen molar-refractivity contribution in [2.24, 2.45) is 0 Å². The third kappa shape index (κ3) is 2.90. The average Bonchev–Trinajstić information content (AvgIpc) is 3.23. The summed E-state index contributed by atoms with van der Waals surface area (Å²) in [7, 11) is 0. The van der Waals surface area contributed by atoms with E-state index in [0.717, 1.165) is 0 Å². The number of hydrogen-bond donors (Lipinski definition) is 0. The van der Waals surface area contributed by atoms with Gasteiger partial charge in [-0.25, -0.2) is 0 Å². The number of rotatable bonds is 8. The van der Waals surface area contributed by atoms with Crippen LogP contribution in [0.2, 0.25) is 0 Å². The molecule has 1 aromatic carbocycles. The van der Waals surface area contributed by atoms with Crippen LogP contribution >= 0.6 is 0 Å². The van der Waals surface area contributed by atoms with Gasteiger partial charge >= 0.3 is 190 Å². The molecule has 0 nitrogen and oxygen atoms in total. The van der Waals surface area contributed by atoms with E-state index >= 15 is 0 Å². The molecule has 3 rings (SSSR count). The third-order valence-corrected chi connectivity index (χ3v) is 11.3. The molecule has 0 heterocycles. The van der Waals surface area contributed by atoms with Crippen LogP contribution in [0.1, 0.15) is 142 Å². The van der Waals surface area contributed by atoms with Crippen molar-refractivity contribution in [3.63, 3.8) is 0 Å². The molecule has 0 bridgehead atoms. The van der Waals surface area contributed by atoms with Crippen LogP contribution < -0.4 is 4.40 Å². The predicted molar refractivity (Wildman–Crippen MR) is 130 cm³/mol. The standard InChI is InChI=1S/C28H45Ge/c1-9-25(10-2)18-27(13-5,14-6)22-20(25)17-21-23(24(22)29)28(15-7,16-8)19-26(21,11-3)12-4/h17H,9-16,18-19H2,1-8H3. The number of fused-ring (bicyclic) bond motifs is 2. The van der Waals surface area contributed by atoms with Crippen molar-refractivity contribution >= 4 is 20.9 Å². The van der Waals surface area contributed by atoms with Crippen LogP contribution in [-0.4, -0.2) is 16.5 Å². The molecule has 29 heavy (non-hydrogen) atoms. The van der Waals surface area contributed by atoms with E-state index in [1.807, 2.05) is 0 Å². The van der Waals surface area contributed by atoms with Gasteiger partial charge in [-0.15, -0.1) is 0 Å². The Morgan fingerprint density at radius 2 is 0.828 bits per heavy atom. The first-order valence-electron chi connectivity index (χ1n) is 12.7. The van der Waals surface area contributed by atoms with Gasteiger partial charge < -0.3 is 0 Å². The van der Waals surface area contributed by atoms with E-state index in [0.29, 0.717) is 21.7 Å². The minimum atomic E-state index is 0.386. The zero-order valence-corrected chi connectivity index (χ0v) is 22.7. The summed E-state index contributed by atoms with van der Waals surface area (Å²) in [5, 5.41) is 0. The predicted octanol–water partition coefficient (Wildman–Crippen LogP) is 7.52. The summed E-state index contributed by atoms with van der Waals surface area (Å²) >= 11 is 2.53. The number of hydrogen-bond acceptors (Lipinski definition) is 0. The first-order valence-corrected chi connectivity index (χ1v) is 13.8. The Labute approximate surface area is 190 Å². The monoisotopic (exact) mass is 455 g/mol. The van der Waals surface area contributed by atoms with Gasteiger partial charge in [-0.1, -0.05) is 0 Å². The molecule has 3 radical (unpaired) electrons. The number of benzene rings is 1. The van der Waals surface area contributed by atoms with Crippen molar-refractivity contribution in [1.29, 1.82) is 0 Å². The molecular formula is C28H45Ge. The molecule has 0 spiro atoms. The van der Waals surface area contributed by atoms with Crippen LogP contribution in [0.25, 0.3) is 0 Å². The molecule has 0 aliphatic heterocycles. The average molecular weight is 454 g/mol. The molecule has 1 heteroatoms. The second-order valence-corrected chi connectivity index (χ2v) is 11.4. The van der Waals surface area contributed by atoms with Gasteiger partial charge in [-0.05, 0) is 0 Å². The third-order valence-electron chi connectivity index (χ3n) is 10.3. The fourth-order valence-corrected chi connectivity index (χ4v) is 9.43. The van der Waals surface area contributed by atoms with Gasteiger partial charge in [0.05, 0.1) is 0 Å². The second-order valence-electron chi connectivity index (χ2n) is 10.4. The summed E-state index contributed by atoms with van der Waals surface area (Å²) < 4.78 is 1.71. The van der Waals surface area contributed by atoms with Crippen LogP contribution in [-0.2, 0) is 21.7 Å². The molecule has 0 saturated heterocycles. The van der Waals surface area contributed by atoms with Crippen molar-refractivity contribution in [2.45, 2.75) is 141 Å². The summed E-state index contributed by atoms with van der Waals surface area (Å²) in [5.74, 6) is 0. The van der Waals surface area contributed by atoms with Crippen molar-refractivity contribution in [1.82, 2.24) is 0 Å². The fraction of sp³-hybridized carbons (Fsp3) is 0.786. The van der Waals surface area contributed by atoms with Gasteiger partial charge in [0.1, 0.15) is 0 Å². The molecule has 0 atom stereocenters. The second kappa shape index (κ2) is 8.03. The molecule has 0 saturated carbocycles. The van der Waals surface area contributed by atoms with Crippen molar-refractivity contribution in [3.05, 3.63) is 28.3 Å². The summed E-state index contributed by atoms with van der Waals surface area (Å²) in [5.41, 5.74) is 8.65. The first kappa shape index (κ1) is 23.4. The molecule has 2 aliphatic rings. The van der Waals surface area contributed by atoms with Gasteiger partial charge in [0, 0.05) is 0 Å². The Morgan fingerprint density at radius 1 is 0.552 bits per heavy atom. The zero-order chi connectivity index (χ0) is 21.7. The van der Waals surface area contributed by atoms with Crippen LogP contribution in [0, 0.1) is 0 Å².